The minimum absolute atomic E-state index is 0.779. The van der Waals surface area contributed by atoms with Gasteiger partial charge in [-0.1, -0.05) is 85.1 Å². The van der Waals surface area contributed by atoms with Crippen LogP contribution in [0.1, 0.15) is 77.0 Å². The fourth-order valence-corrected chi connectivity index (χ4v) is 7.16. The van der Waals surface area contributed by atoms with Gasteiger partial charge in [0.15, 0.2) is 0 Å². The molecule has 3 N–H and O–H groups in total. The molecule has 0 amide bonds. The molecule has 0 unspecified atom stereocenters. The number of benzene rings is 2. The monoisotopic (exact) mass is 673 g/mol. The third-order valence-electron chi connectivity index (χ3n) is 7.51. The van der Waals surface area contributed by atoms with Crippen molar-refractivity contribution < 1.29 is 9.47 Å². The van der Waals surface area contributed by atoms with Crippen molar-refractivity contribution in [3.05, 3.63) is 97.3 Å². The Balaban J connectivity index is 0.846. The second-order valence-electron chi connectivity index (χ2n) is 11.4. The molecule has 2 aromatic carbocycles. The van der Waals surface area contributed by atoms with Gasteiger partial charge in [0.05, 0.1) is 18.9 Å². The van der Waals surface area contributed by atoms with E-state index in [2.05, 4.69) is 47.7 Å². The number of hydrazine groups is 1. The third-order valence-corrected chi connectivity index (χ3v) is 10.1. The zero-order valence-electron chi connectivity index (χ0n) is 27.6. The van der Waals surface area contributed by atoms with E-state index in [1.54, 1.807) is 12.4 Å². The molecule has 2 heterocycles. The lowest BCUT2D eigenvalue weighted by molar-refractivity contribution is 0.304. The molecular formula is C38H51N5O2S2. The SMILES string of the molecule is c1ccc(NNc2ccc(OCCCCCCCCSSCCCCCCCCOc3ccc(Nc4ccccn4)cc3)cc2)nc1. The maximum absolute atomic E-state index is 5.91. The number of nitrogens with one attached hydrogen (secondary N) is 3. The first kappa shape index (κ1) is 36.3. The van der Waals surface area contributed by atoms with Gasteiger partial charge in [0.2, 0.25) is 0 Å². The van der Waals surface area contributed by atoms with Crippen LogP contribution in [0, 0.1) is 0 Å². The number of hydrogen-bond acceptors (Lipinski definition) is 9. The summed E-state index contributed by atoms with van der Waals surface area (Å²) in [6.07, 6.45) is 18.9. The van der Waals surface area contributed by atoms with Crippen molar-refractivity contribution in [2.75, 3.05) is 40.9 Å². The lowest BCUT2D eigenvalue weighted by atomic mass is 10.1. The number of anilines is 4. The smallest absolute Gasteiger partial charge is 0.144 e. The van der Waals surface area contributed by atoms with Crippen molar-refractivity contribution in [2.24, 2.45) is 0 Å². The van der Waals surface area contributed by atoms with Gasteiger partial charge in [-0.05, 0) is 98.5 Å². The van der Waals surface area contributed by atoms with E-state index in [0.717, 1.165) is 60.6 Å². The van der Waals surface area contributed by atoms with Crippen molar-refractivity contribution in [1.29, 1.82) is 0 Å². The summed E-state index contributed by atoms with van der Waals surface area (Å²) in [7, 11) is 4.12. The maximum atomic E-state index is 5.91. The minimum Gasteiger partial charge on any atom is -0.494 e. The van der Waals surface area contributed by atoms with Crippen LogP contribution in [0.3, 0.4) is 0 Å². The van der Waals surface area contributed by atoms with E-state index in [1.807, 2.05) is 84.9 Å². The number of nitrogens with zero attached hydrogens (tertiary/aromatic N) is 2. The minimum atomic E-state index is 0.779. The summed E-state index contributed by atoms with van der Waals surface area (Å²) in [5.41, 5.74) is 8.22. The number of rotatable bonds is 26. The fraction of sp³-hybridized carbons (Fsp3) is 0.421. The molecular weight excluding hydrogens is 623 g/mol. The molecule has 4 aromatic rings. The summed E-state index contributed by atoms with van der Waals surface area (Å²) in [6.45, 7) is 1.57. The van der Waals surface area contributed by atoms with E-state index < -0.39 is 0 Å². The van der Waals surface area contributed by atoms with Gasteiger partial charge < -0.3 is 14.8 Å². The zero-order chi connectivity index (χ0) is 32.5. The number of aromatic nitrogens is 2. The maximum Gasteiger partial charge on any atom is 0.144 e. The van der Waals surface area contributed by atoms with Gasteiger partial charge in [-0.3, -0.25) is 10.9 Å². The number of pyridine rings is 2. The van der Waals surface area contributed by atoms with Crippen LogP contribution in [0.4, 0.5) is 23.0 Å². The Kier molecular flexibility index (Phi) is 18.3. The Morgan fingerprint density at radius 2 is 0.915 bits per heavy atom. The molecule has 7 nitrogen and oxygen atoms in total. The van der Waals surface area contributed by atoms with Crippen LogP contribution in [0.5, 0.6) is 11.5 Å². The Hall–Kier alpha value is -3.56. The van der Waals surface area contributed by atoms with Crippen LogP contribution in [0.25, 0.3) is 0 Å². The van der Waals surface area contributed by atoms with E-state index in [0.29, 0.717) is 0 Å². The molecule has 0 spiro atoms. The van der Waals surface area contributed by atoms with Crippen LogP contribution in [-0.2, 0) is 0 Å². The van der Waals surface area contributed by atoms with Gasteiger partial charge in [-0.15, -0.1) is 0 Å². The second-order valence-corrected chi connectivity index (χ2v) is 14.1. The number of ether oxygens (including phenoxy) is 2. The van der Waals surface area contributed by atoms with Crippen LogP contribution in [0.2, 0.25) is 0 Å². The van der Waals surface area contributed by atoms with Gasteiger partial charge in [0.25, 0.3) is 0 Å². The molecule has 9 heteroatoms. The van der Waals surface area contributed by atoms with Crippen molar-refractivity contribution >= 4 is 44.6 Å². The molecule has 4 rings (SSSR count). The van der Waals surface area contributed by atoms with E-state index in [1.165, 1.54) is 75.7 Å². The molecule has 0 aliphatic heterocycles. The predicted octanol–water partition coefficient (Wildman–Crippen LogP) is 11.2. The van der Waals surface area contributed by atoms with Gasteiger partial charge >= 0.3 is 0 Å². The third kappa shape index (κ3) is 16.7. The first-order valence-corrected chi connectivity index (χ1v) is 19.7. The van der Waals surface area contributed by atoms with Crippen molar-refractivity contribution in [3.8, 4) is 11.5 Å². The number of unbranched alkanes of at least 4 members (excludes halogenated alkanes) is 10. The highest BCUT2D eigenvalue weighted by atomic mass is 33.1. The second kappa shape index (κ2) is 23.7. The molecule has 252 valence electrons. The quantitative estimate of drug-likeness (QED) is 0.0343. The van der Waals surface area contributed by atoms with Gasteiger partial charge in [0.1, 0.15) is 23.1 Å². The van der Waals surface area contributed by atoms with E-state index in [-0.39, 0.29) is 0 Å². The molecule has 0 saturated heterocycles. The van der Waals surface area contributed by atoms with Gasteiger partial charge in [0, 0.05) is 29.6 Å². The average Bonchev–Trinajstić information content (AvgIpc) is 3.12. The van der Waals surface area contributed by atoms with Crippen LogP contribution in [-0.4, -0.2) is 34.7 Å². The molecule has 0 aliphatic carbocycles. The first-order valence-electron chi connectivity index (χ1n) is 17.2. The molecule has 0 saturated carbocycles. The number of hydrogen-bond donors (Lipinski definition) is 3. The van der Waals surface area contributed by atoms with Crippen LogP contribution in [0.15, 0.2) is 97.3 Å². The van der Waals surface area contributed by atoms with Crippen molar-refractivity contribution in [2.45, 2.75) is 77.0 Å². The summed E-state index contributed by atoms with van der Waals surface area (Å²) in [5.74, 6) is 6.03. The molecule has 0 fully saturated rings. The topological polar surface area (TPSA) is 80.3 Å². The summed E-state index contributed by atoms with van der Waals surface area (Å²) in [5, 5.41) is 3.29. The lowest BCUT2D eigenvalue weighted by Gasteiger charge is -2.10. The van der Waals surface area contributed by atoms with Crippen LogP contribution >= 0.6 is 21.6 Å². The molecule has 0 atom stereocenters. The Morgan fingerprint density at radius 1 is 0.447 bits per heavy atom. The van der Waals surface area contributed by atoms with Crippen molar-refractivity contribution in [1.82, 2.24) is 9.97 Å². The Bertz CT molecular complexity index is 1320. The largest absolute Gasteiger partial charge is 0.494 e. The molecule has 0 aliphatic rings. The van der Waals surface area contributed by atoms with E-state index in [9.17, 15) is 0 Å². The summed E-state index contributed by atoms with van der Waals surface area (Å²) >= 11 is 0. The highest BCUT2D eigenvalue weighted by Gasteiger charge is 2.00. The zero-order valence-corrected chi connectivity index (χ0v) is 29.2. The fourth-order valence-electron chi connectivity index (χ4n) is 4.86. The van der Waals surface area contributed by atoms with Crippen LogP contribution < -0.4 is 25.6 Å². The Labute approximate surface area is 289 Å². The Morgan fingerprint density at radius 3 is 1.43 bits per heavy atom. The molecule has 47 heavy (non-hydrogen) atoms. The van der Waals surface area contributed by atoms with Crippen molar-refractivity contribution in [3.63, 3.8) is 0 Å². The highest BCUT2D eigenvalue weighted by molar-refractivity contribution is 8.76. The summed E-state index contributed by atoms with van der Waals surface area (Å²) < 4.78 is 11.8. The predicted molar refractivity (Wildman–Crippen MR) is 203 cm³/mol. The normalized spacial score (nSPS) is 10.8. The summed E-state index contributed by atoms with van der Waals surface area (Å²) in [6, 6.07) is 27.7. The molecule has 0 radical (unpaired) electrons. The van der Waals surface area contributed by atoms with Gasteiger partial charge in [-0.25, -0.2) is 9.97 Å². The lowest BCUT2D eigenvalue weighted by Crippen LogP contribution is -2.09. The molecule has 0 bridgehead atoms. The van der Waals surface area contributed by atoms with E-state index >= 15 is 0 Å². The van der Waals surface area contributed by atoms with Gasteiger partial charge in [-0.2, -0.15) is 0 Å². The van der Waals surface area contributed by atoms with E-state index in [4.69, 9.17) is 9.47 Å². The summed E-state index contributed by atoms with van der Waals surface area (Å²) in [4.78, 5) is 8.52. The highest BCUT2D eigenvalue weighted by Crippen LogP contribution is 2.25. The average molecular weight is 674 g/mol. The standard InChI is InChI=1S/C38H51N5O2S2/c1(5-13-29-44-35-23-19-33(20-24-35)41-37-17-9-11-27-39-37)3-7-15-31-46-47-32-16-8-4-2-6-14-30-45-36-25-21-34(22-26-36)42-43-38-18-10-12-28-40-38/h9-12,17-28,42H,1-8,13-16,29-32H2,(H,39,41)(H,40,43). The first-order chi connectivity index (χ1) is 23.3. The molecule has 2 aromatic heterocycles.